The first-order valence-corrected chi connectivity index (χ1v) is 6.77. The van der Waals surface area contributed by atoms with E-state index in [1.807, 2.05) is 0 Å². The standard InChI is InChI=1S/C15H21NO5/c1-11(6-7-14(17)18)16-15(19)12-4-3-5-13(10-12)21-9-8-20-2/h3-5,10-11H,6-9H2,1-2H3,(H,16,19)(H,17,18). The minimum Gasteiger partial charge on any atom is -0.491 e. The van der Waals surface area contributed by atoms with E-state index in [2.05, 4.69) is 5.32 Å². The van der Waals surface area contributed by atoms with Crippen LogP contribution in [-0.4, -0.2) is 43.3 Å². The number of hydrogen-bond acceptors (Lipinski definition) is 4. The third-order valence-corrected chi connectivity index (χ3v) is 2.82. The van der Waals surface area contributed by atoms with E-state index in [-0.39, 0.29) is 18.4 Å². The van der Waals surface area contributed by atoms with Crippen molar-refractivity contribution in [2.75, 3.05) is 20.3 Å². The van der Waals surface area contributed by atoms with Crippen LogP contribution < -0.4 is 10.1 Å². The molecule has 6 heteroatoms. The molecule has 0 fully saturated rings. The Morgan fingerprint density at radius 2 is 2.10 bits per heavy atom. The van der Waals surface area contributed by atoms with Gasteiger partial charge in [-0.2, -0.15) is 0 Å². The van der Waals surface area contributed by atoms with Crippen molar-refractivity contribution in [3.63, 3.8) is 0 Å². The van der Waals surface area contributed by atoms with Crippen LogP contribution in [0.3, 0.4) is 0 Å². The van der Waals surface area contributed by atoms with Gasteiger partial charge in [-0.05, 0) is 31.5 Å². The van der Waals surface area contributed by atoms with Gasteiger partial charge in [0.15, 0.2) is 0 Å². The fraction of sp³-hybridized carbons (Fsp3) is 0.467. The second-order valence-electron chi connectivity index (χ2n) is 4.68. The quantitative estimate of drug-likeness (QED) is 0.677. The predicted molar refractivity (Wildman–Crippen MR) is 77.6 cm³/mol. The normalized spacial score (nSPS) is 11.7. The molecule has 1 aromatic carbocycles. The molecule has 0 aliphatic heterocycles. The lowest BCUT2D eigenvalue weighted by Crippen LogP contribution is -2.32. The molecule has 21 heavy (non-hydrogen) atoms. The van der Waals surface area contributed by atoms with Crippen LogP contribution in [0, 0.1) is 0 Å². The van der Waals surface area contributed by atoms with Crippen molar-refractivity contribution in [2.45, 2.75) is 25.8 Å². The largest absolute Gasteiger partial charge is 0.491 e. The zero-order chi connectivity index (χ0) is 15.7. The average molecular weight is 295 g/mol. The van der Waals surface area contributed by atoms with E-state index in [4.69, 9.17) is 14.6 Å². The number of ether oxygens (including phenoxy) is 2. The smallest absolute Gasteiger partial charge is 0.303 e. The van der Waals surface area contributed by atoms with E-state index < -0.39 is 5.97 Å². The maximum atomic E-state index is 12.0. The van der Waals surface area contributed by atoms with E-state index in [1.165, 1.54) is 0 Å². The highest BCUT2D eigenvalue weighted by Crippen LogP contribution is 2.13. The van der Waals surface area contributed by atoms with Gasteiger partial charge >= 0.3 is 5.97 Å². The van der Waals surface area contributed by atoms with Crippen LogP contribution in [0.1, 0.15) is 30.1 Å². The summed E-state index contributed by atoms with van der Waals surface area (Å²) in [6, 6.07) is 6.63. The lowest BCUT2D eigenvalue weighted by Gasteiger charge is -2.13. The molecule has 1 rings (SSSR count). The third-order valence-electron chi connectivity index (χ3n) is 2.82. The van der Waals surface area contributed by atoms with Gasteiger partial charge in [0, 0.05) is 25.1 Å². The molecule has 1 atom stereocenters. The highest BCUT2D eigenvalue weighted by atomic mass is 16.5. The van der Waals surface area contributed by atoms with Crippen LogP contribution in [0.2, 0.25) is 0 Å². The van der Waals surface area contributed by atoms with Crippen LogP contribution >= 0.6 is 0 Å². The number of benzene rings is 1. The molecule has 0 aromatic heterocycles. The Kier molecular flexibility index (Phi) is 7.25. The maximum absolute atomic E-state index is 12.0. The third kappa shape index (κ3) is 6.76. The van der Waals surface area contributed by atoms with E-state index >= 15 is 0 Å². The van der Waals surface area contributed by atoms with Crippen molar-refractivity contribution in [1.82, 2.24) is 5.32 Å². The number of aliphatic carboxylic acids is 1. The van der Waals surface area contributed by atoms with E-state index in [0.717, 1.165) is 0 Å². The Labute approximate surface area is 124 Å². The Hall–Kier alpha value is -2.08. The van der Waals surface area contributed by atoms with Crippen LogP contribution in [0.25, 0.3) is 0 Å². The van der Waals surface area contributed by atoms with Crippen molar-refractivity contribution in [1.29, 1.82) is 0 Å². The molecule has 0 saturated carbocycles. The van der Waals surface area contributed by atoms with Crippen molar-refractivity contribution < 1.29 is 24.2 Å². The number of hydrogen-bond donors (Lipinski definition) is 2. The molecule has 0 spiro atoms. The highest BCUT2D eigenvalue weighted by Gasteiger charge is 2.11. The molecule has 0 bridgehead atoms. The maximum Gasteiger partial charge on any atom is 0.303 e. The van der Waals surface area contributed by atoms with Gasteiger partial charge in [0.25, 0.3) is 5.91 Å². The molecule has 0 aliphatic rings. The summed E-state index contributed by atoms with van der Waals surface area (Å²) in [6.07, 6.45) is 0.423. The van der Waals surface area contributed by atoms with Gasteiger partial charge in [-0.25, -0.2) is 0 Å². The number of nitrogens with one attached hydrogen (secondary N) is 1. The zero-order valence-electron chi connectivity index (χ0n) is 12.3. The molecule has 0 heterocycles. The zero-order valence-corrected chi connectivity index (χ0v) is 12.3. The Morgan fingerprint density at radius 3 is 2.76 bits per heavy atom. The first kappa shape index (κ1) is 17.0. The highest BCUT2D eigenvalue weighted by molar-refractivity contribution is 5.94. The number of rotatable bonds is 9. The molecule has 1 amide bonds. The van der Waals surface area contributed by atoms with E-state index in [1.54, 1.807) is 38.3 Å². The average Bonchev–Trinajstić information content (AvgIpc) is 2.46. The fourth-order valence-electron chi connectivity index (χ4n) is 1.69. The van der Waals surface area contributed by atoms with Crippen LogP contribution in [0.5, 0.6) is 5.75 Å². The first-order chi connectivity index (χ1) is 10.0. The monoisotopic (exact) mass is 295 g/mol. The lowest BCUT2D eigenvalue weighted by molar-refractivity contribution is -0.137. The number of carboxylic acids is 1. The molecule has 116 valence electrons. The molecule has 0 aliphatic carbocycles. The number of methoxy groups -OCH3 is 1. The SMILES string of the molecule is COCCOc1cccc(C(=O)NC(C)CCC(=O)O)c1. The second kappa shape index (κ2) is 8.97. The lowest BCUT2D eigenvalue weighted by atomic mass is 10.1. The minimum absolute atomic E-state index is 0.0294. The Balaban J connectivity index is 2.53. The van der Waals surface area contributed by atoms with Crippen LogP contribution in [0.15, 0.2) is 24.3 Å². The molecule has 0 radical (unpaired) electrons. The van der Waals surface area contributed by atoms with Crippen molar-refractivity contribution in [2.24, 2.45) is 0 Å². The fourth-order valence-corrected chi connectivity index (χ4v) is 1.69. The summed E-state index contributed by atoms with van der Waals surface area (Å²) in [5.41, 5.74) is 0.479. The van der Waals surface area contributed by atoms with E-state index in [0.29, 0.717) is 30.9 Å². The van der Waals surface area contributed by atoms with Crippen molar-refractivity contribution in [3.8, 4) is 5.75 Å². The van der Waals surface area contributed by atoms with Crippen molar-refractivity contribution >= 4 is 11.9 Å². The molecule has 1 unspecified atom stereocenters. The summed E-state index contributed by atoms with van der Waals surface area (Å²) in [7, 11) is 1.59. The van der Waals surface area contributed by atoms with Crippen LogP contribution in [-0.2, 0) is 9.53 Å². The van der Waals surface area contributed by atoms with E-state index in [9.17, 15) is 9.59 Å². The number of carbonyl (C=O) groups is 2. The van der Waals surface area contributed by atoms with Gasteiger partial charge in [-0.15, -0.1) is 0 Å². The summed E-state index contributed by atoms with van der Waals surface area (Å²) >= 11 is 0. The van der Waals surface area contributed by atoms with Gasteiger partial charge in [0.2, 0.25) is 0 Å². The topological polar surface area (TPSA) is 84.9 Å². The van der Waals surface area contributed by atoms with Crippen LogP contribution in [0.4, 0.5) is 0 Å². The van der Waals surface area contributed by atoms with Gasteiger partial charge in [0.05, 0.1) is 6.61 Å². The Bertz CT molecular complexity index is 475. The first-order valence-electron chi connectivity index (χ1n) is 6.77. The van der Waals surface area contributed by atoms with Crippen molar-refractivity contribution in [3.05, 3.63) is 29.8 Å². The molecule has 1 aromatic rings. The molecule has 6 nitrogen and oxygen atoms in total. The number of carbonyl (C=O) groups excluding carboxylic acids is 1. The summed E-state index contributed by atoms with van der Waals surface area (Å²) in [6.45, 7) is 2.67. The minimum atomic E-state index is -0.871. The summed E-state index contributed by atoms with van der Waals surface area (Å²) in [5.74, 6) is -0.521. The number of carboxylic acid groups (broad SMARTS) is 1. The molecular formula is C15H21NO5. The summed E-state index contributed by atoms with van der Waals surface area (Å²) in [4.78, 5) is 22.5. The molecular weight excluding hydrogens is 274 g/mol. The van der Waals surface area contributed by atoms with Gasteiger partial charge in [0.1, 0.15) is 12.4 Å². The second-order valence-corrected chi connectivity index (χ2v) is 4.68. The summed E-state index contributed by atoms with van der Waals surface area (Å²) < 4.78 is 10.3. The van der Waals surface area contributed by atoms with Gasteiger partial charge < -0.3 is 19.9 Å². The number of amides is 1. The Morgan fingerprint density at radius 1 is 1.33 bits per heavy atom. The van der Waals surface area contributed by atoms with Gasteiger partial charge in [-0.3, -0.25) is 9.59 Å². The summed E-state index contributed by atoms with van der Waals surface area (Å²) in [5, 5.41) is 11.4. The molecule has 0 saturated heterocycles. The predicted octanol–water partition coefficient (Wildman–Crippen LogP) is 1.69. The molecule has 2 N–H and O–H groups in total. The van der Waals surface area contributed by atoms with Gasteiger partial charge in [-0.1, -0.05) is 6.07 Å².